The van der Waals surface area contributed by atoms with Gasteiger partial charge in [0.05, 0.1) is 21.9 Å². The summed E-state index contributed by atoms with van der Waals surface area (Å²) in [5.41, 5.74) is 6.35. The van der Waals surface area contributed by atoms with Gasteiger partial charge in [-0.1, -0.05) is 36.4 Å². The Bertz CT molecular complexity index is 987. The maximum atomic E-state index is 12.7. The molecule has 3 aromatic rings. The highest BCUT2D eigenvalue weighted by atomic mass is 32.2. The SMILES string of the molecule is NC(=O)[C@@H](CC[S@@](=O)c1ccccc1)NC(=O)c1cccc2cccnc12. The van der Waals surface area contributed by atoms with Gasteiger partial charge in [-0.25, -0.2) is 0 Å². The quantitative estimate of drug-likeness (QED) is 0.653. The molecule has 27 heavy (non-hydrogen) atoms. The van der Waals surface area contributed by atoms with E-state index in [4.69, 9.17) is 5.73 Å². The molecule has 1 aromatic heterocycles. The molecule has 138 valence electrons. The first-order valence-corrected chi connectivity index (χ1v) is 9.75. The van der Waals surface area contributed by atoms with E-state index in [0.29, 0.717) is 16.0 Å². The van der Waals surface area contributed by atoms with Crippen molar-refractivity contribution in [3.63, 3.8) is 0 Å². The highest BCUT2D eigenvalue weighted by Crippen LogP contribution is 2.16. The van der Waals surface area contributed by atoms with E-state index in [-0.39, 0.29) is 12.2 Å². The number of fused-ring (bicyclic) bond motifs is 1. The van der Waals surface area contributed by atoms with Crippen LogP contribution >= 0.6 is 0 Å². The number of rotatable bonds is 7. The minimum atomic E-state index is -1.27. The summed E-state index contributed by atoms with van der Waals surface area (Å²) in [6.07, 6.45) is 1.79. The molecule has 0 saturated heterocycles. The first-order chi connectivity index (χ1) is 13.1. The van der Waals surface area contributed by atoms with E-state index in [1.165, 1.54) is 0 Å². The summed E-state index contributed by atoms with van der Waals surface area (Å²) >= 11 is 0. The molecule has 0 saturated carbocycles. The number of benzene rings is 2. The third kappa shape index (κ3) is 4.57. The first kappa shape index (κ1) is 18.7. The van der Waals surface area contributed by atoms with Crippen LogP contribution in [0.25, 0.3) is 10.9 Å². The van der Waals surface area contributed by atoms with Crippen LogP contribution in [0.3, 0.4) is 0 Å². The number of hydrogen-bond acceptors (Lipinski definition) is 4. The Morgan fingerprint density at radius 2 is 1.78 bits per heavy atom. The summed E-state index contributed by atoms with van der Waals surface area (Å²) in [4.78, 5) is 29.3. The molecule has 0 aliphatic heterocycles. The number of aromatic nitrogens is 1. The van der Waals surface area contributed by atoms with Gasteiger partial charge < -0.3 is 11.1 Å². The Kier molecular flexibility index (Phi) is 5.93. The van der Waals surface area contributed by atoms with E-state index in [9.17, 15) is 13.8 Å². The lowest BCUT2D eigenvalue weighted by Crippen LogP contribution is -2.45. The van der Waals surface area contributed by atoms with Gasteiger partial charge in [-0.05, 0) is 30.7 Å². The van der Waals surface area contributed by atoms with E-state index in [0.717, 1.165) is 5.39 Å². The molecule has 0 unspecified atom stereocenters. The second-order valence-electron chi connectivity index (χ2n) is 5.96. The summed E-state index contributed by atoms with van der Waals surface area (Å²) in [6, 6.07) is 16.9. The number of nitrogens with one attached hydrogen (secondary N) is 1. The Morgan fingerprint density at radius 3 is 2.52 bits per heavy atom. The van der Waals surface area contributed by atoms with Gasteiger partial charge in [0.25, 0.3) is 5.91 Å². The Labute approximate surface area is 159 Å². The van der Waals surface area contributed by atoms with Gasteiger partial charge in [0.2, 0.25) is 5.91 Å². The van der Waals surface area contributed by atoms with Crippen LogP contribution in [0.2, 0.25) is 0 Å². The van der Waals surface area contributed by atoms with E-state index in [2.05, 4.69) is 10.3 Å². The van der Waals surface area contributed by atoms with Gasteiger partial charge in [0.15, 0.2) is 0 Å². The molecule has 1 heterocycles. The zero-order valence-corrected chi connectivity index (χ0v) is 15.3. The number of carbonyl (C=O) groups is 2. The van der Waals surface area contributed by atoms with E-state index < -0.39 is 28.7 Å². The van der Waals surface area contributed by atoms with Crippen LogP contribution in [-0.2, 0) is 15.6 Å². The molecule has 0 spiro atoms. The van der Waals surface area contributed by atoms with Crippen molar-refractivity contribution in [2.45, 2.75) is 17.4 Å². The smallest absolute Gasteiger partial charge is 0.254 e. The van der Waals surface area contributed by atoms with Gasteiger partial charge in [-0.15, -0.1) is 0 Å². The molecule has 2 amide bonds. The van der Waals surface area contributed by atoms with Crippen LogP contribution in [0, 0.1) is 0 Å². The maximum Gasteiger partial charge on any atom is 0.254 e. The maximum absolute atomic E-state index is 12.7. The number of pyridine rings is 1. The molecule has 0 fully saturated rings. The Morgan fingerprint density at radius 1 is 1.04 bits per heavy atom. The van der Waals surface area contributed by atoms with E-state index in [1.807, 2.05) is 18.2 Å². The van der Waals surface area contributed by atoms with Crippen molar-refractivity contribution in [1.29, 1.82) is 0 Å². The zero-order valence-electron chi connectivity index (χ0n) is 14.5. The fraction of sp³-hybridized carbons (Fsp3) is 0.150. The minimum absolute atomic E-state index is 0.181. The molecule has 0 aliphatic carbocycles. The molecule has 0 aliphatic rings. The molecule has 0 radical (unpaired) electrons. The number of nitrogens with two attached hydrogens (primary N) is 1. The van der Waals surface area contributed by atoms with Crippen LogP contribution in [0.5, 0.6) is 0 Å². The molecule has 0 bridgehead atoms. The Hall–Kier alpha value is -3.06. The van der Waals surface area contributed by atoms with Crippen molar-refractivity contribution in [3.05, 3.63) is 72.4 Å². The van der Waals surface area contributed by atoms with Crippen molar-refractivity contribution in [2.24, 2.45) is 5.73 Å². The van der Waals surface area contributed by atoms with Gasteiger partial charge in [0, 0.05) is 22.2 Å². The molecule has 2 atom stereocenters. The first-order valence-electron chi connectivity index (χ1n) is 8.43. The molecule has 2 aromatic carbocycles. The lowest BCUT2D eigenvalue weighted by molar-refractivity contribution is -0.119. The summed E-state index contributed by atoms with van der Waals surface area (Å²) < 4.78 is 12.3. The van der Waals surface area contributed by atoms with Gasteiger partial charge in [-0.3, -0.25) is 18.8 Å². The second-order valence-corrected chi connectivity index (χ2v) is 7.53. The minimum Gasteiger partial charge on any atom is -0.368 e. The van der Waals surface area contributed by atoms with Crippen LogP contribution in [0.15, 0.2) is 71.8 Å². The topological polar surface area (TPSA) is 102 Å². The Balaban J connectivity index is 1.71. The normalized spacial score (nSPS) is 13.0. The summed E-state index contributed by atoms with van der Waals surface area (Å²) in [7, 11) is -1.27. The lowest BCUT2D eigenvalue weighted by atomic mass is 10.1. The molecule has 3 N–H and O–H groups in total. The average molecular weight is 381 g/mol. The van der Waals surface area contributed by atoms with Crippen molar-refractivity contribution < 1.29 is 13.8 Å². The number of nitrogens with zero attached hydrogens (tertiary/aromatic N) is 1. The number of primary amides is 1. The average Bonchev–Trinajstić information content (AvgIpc) is 2.70. The molecular weight excluding hydrogens is 362 g/mol. The third-order valence-electron chi connectivity index (χ3n) is 4.12. The van der Waals surface area contributed by atoms with Crippen LogP contribution in [-0.4, -0.2) is 32.8 Å². The van der Waals surface area contributed by atoms with Gasteiger partial charge in [0.1, 0.15) is 6.04 Å². The predicted molar refractivity (Wildman–Crippen MR) is 105 cm³/mol. The van der Waals surface area contributed by atoms with E-state index in [1.54, 1.807) is 48.7 Å². The van der Waals surface area contributed by atoms with E-state index >= 15 is 0 Å². The van der Waals surface area contributed by atoms with Crippen LogP contribution < -0.4 is 11.1 Å². The molecule has 7 heteroatoms. The standard InChI is InChI=1S/C20H19N3O3S/c21-19(24)17(11-13-27(26)15-8-2-1-3-9-15)23-20(25)16-10-4-6-14-7-5-12-22-18(14)16/h1-10,12,17H,11,13H2,(H2,21,24)(H,23,25)/t17-,27-/m1/s1. The molecule has 3 rings (SSSR count). The number of hydrogen-bond donors (Lipinski definition) is 2. The van der Waals surface area contributed by atoms with Gasteiger partial charge >= 0.3 is 0 Å². The highest BCUT2D eigenvalue weighted by Gasteiger charge is 2.21. The summed E-state index contributed by atoms with van der Waals surface area (Å²) in [5, 5.41) is 3.47. The van der Waals surface area contributed by atoms with Crippen LogP contribution in [0.4, 0.5) is 0 Å². The number of carbonyl (C=O) groups excluding carboxylic acids is 2. The molecular formula is C20H19N3O3S. The van der Waals surface area contributed by atoms with Crippen molar-refractivity contribution in [3.8, 4) is 0 Å². The fourth-order valence-corrected chi connectivity index (χ4v) is 3.87. The third-order valence-corrected chi connectivity index (χ3v) is 5.53. The summed E-state index contributed by atoms with van der Waals surface area (Å²) in [6.45, 7) is 0. The van der Waals surface area contributed by atoms with Crippen molar-refractivity contribution in [1.82, 2.24) is 10.3 Å². The van der Waals surface area contributed by atoms with Crippen LogP contribution in [0.1, 0.15) is 16.8 Å². The van der Waals surface area contributed by atoms with Crippen molar-refractivity contribution >= 4 is 33.5 Å². The second kappa shape index (κ2) is 8.55. The predicted octanol–water partition coefficient (Wildman–Crippen LogP) is 2.02. The number of amides is 2. The summed E-state index contributed by atoms with van der Waals surface area (Å²) in [5.74, 6) is -0.888. The largest absolute Gasteiger partial charge is 0.368 e. The molecule has 6 nitrogen and oxygen atoms in total. The van der Waals surface area contributed by atoms with Crippen molar-refractivity contribution in [2.75, 3.05) is 5.75 Å². The number of para-hydroxylation sites is 1. The monoisotopic (exact) mass is 381 g/mol. The fourth-order valence-electron chi connectivity index (χ4n) is 2.72. The highest BCUT2D eigenvalue weighted by molar-refractivity contribution is 7.85. The lowest BCUT2D eigenvalue weighted by Gasteiger charge is -2.16. The zero-order chi connectivity index (χ0) is 19.2. The van der Waals surface area contributed by atoms with Gasteiger partial charge in [-0.2, -0.15) is 0 Å².